The Morgan fingerprint density at radius 2 is 1.74 bits per heavy atom. The highest BCUT2D eigenvalue weighted by molar-refractivity contribution is 5.98. The van der Waals surface area contributed by atoms with E-state index in [1.165, 1.54) is 14.2 Å². The summed E-state index contributed by atoms with van der Waals surface area (Å²) in [5.74, 6) is 0.707. The average Bonchev–Trinajstić information content (AvgIpc) is 2.60. The molecule has 0 spiro atoms. The summed E-state index contributed by atoms with van der Waals surface area (Å²) in [5, 5.41) is 2.76. The van der Waals surface area contributed by atoms with E-state index in [1.54, 1.807) is 25.1 Å². The number of amides is 2. The molecule has 0 saturated carbocycles. The molecule has 0 bridgehead atoms. The highest BCUT2D eigenvalue weighted by Crippen LogP contribution is 2.27. The molecule has 0 aliphatic carbocycles. The maximum atomic E-state index is 12.4. The number of nitrogens with one attached hydrogen (secondary N) is 1. The lowest BCUT2D eigenvalue weighted by Crippen LogP contribution is -2.48. The second kappa shape index (κ2) is 7.85. The van der Waals surface area contributed by atoms with Crippen LogP contribution < -0.4 is 14.8 Å². The number of methoxy groups -OCH3 is 2. The first-order valence-electron chi connectivity index (χ1n) is 7.88. The van der Waals surface area contributed by atoms with Gasteiger partial charge in [-0.2, -0.15) is 0 Å². The predicted octanol–water partition coefficient (Wildman–Crippen LogP) is 1.83. The van der Waals surface area contributed by atoms with Crippen molar-refractivity contribution in [1.29, 1.82) is 0 Å². The fourth-order valence-electron chi connectivity index (χ4n) is 2.71. The van der Waals surface area contributed by atoms with Crippen LogP contribution in [0.15, 0.2) is 18.2 Å². The summed E-state index contributed by atoms with van der Waals surface area (Å²) in [4.78, 5) is 26.5. The molecule has 0 aromatic heterocycles. The standard InChI is InChI=1S/C17H24N2O4/c1-12(17(21)19-9-5-4-6-10-19)18-16(20)13-7-8-14(22-2)15(11-13)23-3/h7-8,11-12H,4-6,9-10H2,1-3H3,(H,18,20). The van der Waals surface area contributed by atoms with Gasteiger partial charge < -0.3 is 19.7 Å². The van der Waals surface area contributed by atoms with Crippen LogP contribution in [0.3, 0.4) is 0 Å². The van der Waals surface area contributed by atoms with E-state index in [0.717, 1.165) is 32.4 Å². The van der Waals surface area contributed by atoms with E-state index in [9.17, 15) is 9.59 Å². The van der Waals surface area contributed by atoms with Crippen LogP contribution >= 0.6 is 0 Å². The molecule has 2 amide bonds. The van der Waals surface area contributed by atoms with E-state index < -0.39 is 6.04 Å². The fraction of sp³-hybridized carbons (Fsp3) is 0.529. The van der Waals surface area contributed by atoms with Crippen LogP contribution in [0, 0.1) is 0 Å². The number of carbonyl (C=O) groups excluding carboxylic acids is 2. The van der Waals surface area contributed by atoms with Crippen LogP contribution in [0.2, 0.25) is 0 Å². The highest BCUT2D eigenvalue weighted by atomic mass is 16.5. The number of nitrogens with zero attached hydrogens (tertiary/aromatic N) is 1. The topological polar surface area (TPSA) is 67.9 Å². The zero-order valence-electron chi connectivity index (χ0n) is 13.9. The minimum atomic E-state index is -0.548. The van der Waals surface area contributed by atoms with Crippen molar-refractivity contribution in [3.63, 3.8) is 0 Å². The Hall–Kier alpha value is -2.24. The number of ether oxygens (including phenoxy) is 2. The van der Waals surface area contributed by atoms with Gasteiger partial charge in [0.15, 0.2) is 11.5 Å². The molecule has 6 heteroatoms. The third-order valence-electron chi connectivity index (χ3n) is 4.03. The van der Waals surface area contributed by atoms with Gasteiger partial charge in [0.05, 0.1) is 14.2 Å². The van der Waals surface area contributed by atoms with Crippen molar-refractivity contribution in [2.45, 2.75) is 32.2 Å². The number of hydrogen-bond donors (Lipinski definition) is 1. The highest BCUT2D eigenvalue weighted by Gasteiger charge is 2.24. The summed E-state index contributed by atoms with van der Waals surface area (Å²) in [5.41, 5.74) is 0.431. The molecule has 1 N–H and O–H groups in total. The van der Waals surface area contributed by atoms with E-state index in [-0.39, 0.29) is 11.8 Å². The summed E-state index contributed by atoms with van der Waals surface area (Å²) in [6.45, 7) is 3.26. The van der Waals surface area contributed by atoms with Crippen LogP contribution in [0.1, 0.15) is 36.5 Å². The third-order valence-corrected chi connectivity index (χ3v) is 4.03. The zero-order chi connectivity index (χ0) is 16.8. The monoisotopic (exact) mass is 320 g/mol. The molecule has 1 heterocycles. The van der Waals surface area contributed by atoms with Crippen molar-refractivity contribution in [3.8, 4) is 11.5 Å². The fourth-order valence-corrected chi connectivity index (χ4v) is 2.71. The predicted molar refractivity (Wildman–Crippen MR) is 86.9 cm³/mol. The molecule has 1 atom stereocenters. The second-order valence-electron chi connectivity index (χ2n) is 5.65. The summed E-state index contributed by atoms with van der Waals surface area (Å²) in [7, 11) is 3.05. The first-order chi connectivity index (χ1) is 11.1. The Labute approximate surface area is 136 Å². The minimum absolute atomic E-state index is 0.0291. The molecule has 1 fully saturated rings. The van der Waals surface area contributed by atoms with Gasteiger partial charge in [-0.15, -0.1) is 0 Å². The SMILES string of the molecule is COc1ccc(C(=O)NC(C)C(=O)N2CCCCC2)cc1OC. The van der Waals surface area contributed by atoms with E-state index >= 15 is 0 Å². The van der Waals surface area contributed by atoms with Gasteiger partial charge >= 0.3 is 0 Å². The summed E-state index contributed by atoms with van der Waals surface area (Å²) in [6.07, 6.45) is 3.22. The van der Waals surface area contributed by atoms with Crippen LogP contribution in [-0.2, 0) is 4.79 Å². The molecule has 126 valence electrons. The van der Waals surface area contributed by atoms with Crippen molar-refractivity contribution in [1.82, 2.24) is 10.2 Å². The van der Waals surface area contributed by atoms with Crippen molar-refractivity contribution in [2.75, 3.05) is 27.3 Å². The van der Waals surface area contributed by atoms with Crippen molar-refractivity contribution < 1.29 is 19.1 Å². The Balaban J connectivity index is 2.01. The zero-order valence-corrected chi connectivity index (χ0v) is 13.9. The Morgan fingerprint density at radius 3 is 2.35 bits per heavy atom. The number of carbonyl (C=O) groups is 2. The van der Waals surface area contributed by atoms with Gasteiger partial charge in [-0.05, 0) is 44.4 Å². The molecule has 2 rings (SSSR count). The van der Waals surface area contributed by atoms with Gasteiger partial charge in [-0.3, -0.25) is 9.59 Å². The number of benzene rings is 1. The van der Waals surface area contributed by atoms with E-state index in [1.807, 2.05) is 4.90 Å². The number of likely N-dealkylation sites (tertiary alicyclic amines) is 1. The van der Waals surface area contributed by atoms with Gasteiger partial charge in [-0.1, -0.05) is 0 Å². The normalized spacial score (nSPS) is 15.7. The van der Waals surface area contributed by atoms with E-state index in [2.05, 4.69) is 5.32 Å². The Morgan fingerprint density at radius 1 is 1.09 bits per heavy atom. The number of hydrogen-bond acceptors (Lipinski definition) is 4. The maximum Gasteiger partial charge on any atom is 0.252 e. The first-order valence-corrected chi connectivity index (χ1v) is 7.88. The van der Waals surface area contributed by atoms with Crippen molar-refractivity contribution in [2.24, 2.45) is 0 Å². The summed E-state index contributed by atoms with van der Waals surface area (Å²) < 4.78 is 10.3. The van der Waals surface area contributed by atoms with Gasteiger partial charge in [0.2, 0.25) is 5.91 Å². The Bertz CT molecular complexity index is 568. The molecular weight excluding hydrogens is 296 g/mol. The molecule has 6 nitrogen and oxygen atoms in total. The number of piperidine rings is 1. The maximum absolute atomic E-state index is 12.4. The third kappa shape index (κ3) is 4.15. The lowest BCUT2D eigenvalue weighted by atomic mass is 10.1. The molecule has 0 radical (unpaired) electrons. The van der Waals surface area contributed by atoms with Gasteiger partial charge in [-0.25, -0.2) is 0 Å². The molecular formula is C17H24N2O4. The first kappa shape index (κ1) is 17.1. The van der Waals surface area contributed by atoms with Crippen LogP contribution in [0.4, 0.5) is 0 Å². The molecule has 1 unspecified atom stereocenters. The van der Waals surface area contributed by atoms with E-state index in [0.29, 0.717) is 17.1 Å². The van der Waals surface area contributed by atoms with Gasteiger partial charge in [0, 0.05) is 18.7 Å². The lowest BCUT2D eigenvalue weighted by molar-refractivity contribution is -0.133. The summed E-state index contributed by atoms with van der Waals surface area (Å²) in [6, 6.07) is 4.38. The second-order valence-corrected chi connectivity index (χ2v) is 5.65. The van der Waals surface area contributed by atoms with E-state index in [4.69, 9.17) is 9.47 Å². The molecule has 23 heavy (non-hydrogen) atoms. The molecule has 1 aromatic carbocycles. The largest absolute Gasteiger partial charge is 0.493 e. The van der Waals surface area contributed by atoms with Crippen molar-refractivity contribution in [3.05, 3.63) is 23.8 Å². The molecule has 1 saturated heterocycles. The average molecular weight is 320 g/mol. The lowest BCUT2D eigenvalue weighted by Gasteiger charge is -2.29. The smallest absolute Gasteiger partial charge is 0.252 e. The van der Waals surface area contributed by atoms with Crippen molar-refractivity contribution >= 4 is 11.8 Å². The molecule has 1 aliphatic rings. The van der Waals surface area contributed by atoms with Crippen LogP contribution in [0.25, 0.3) is 0 Å². The number of rotatable bonds is 5. The van der Waals surface area contributed by atoms with Gasteiger partial charge in [0.1, 0.15) is 6.04 Å². The molecule has 1 aliphatic heterocycles. The molecule has 1 aromatic rings. The van der Waals surface area contributed by atoms with Gasteiger partial charge in [0.25, 0.3) is 5.91 Å². The summed E-state index contributed by atoms with van der Waals surface area (Å²) >= 11 is 0. The van der Waals surface area contributed by atoms with Crippen LogP contribution in [0.5, 0.6) is 11.5 Å². The minimum Gasteiger partial charge on any atom is -0.493 e. The Kier molecular flexibility index (Phi) is 5.84. The van der Waals surface area contributed by atoms with Crippen LogP contribution in [-0.4, -0.2) is 50.1 Å². The quantitative estimate of drug-likeness (QED) is 0.899.